The largest absolute Gasteiger partial charge is 0.342 e. The van der Waals surface area contributed by atoms with Gasteiger partial charge in [-0.1, -0.05) is 26.0 Å². The third-order valence-electron chi connectivity index (χ3n) is 5.66. The summed E-state index contributed by atoms with van der Waals surface area (Å²) in [5, 5.41) is 0. The van der Waals surface area contributed by atoms with Gasteiger partial charge in [0.25, 0.3) is 0 Å². The van der Waals surface area contributed by atoms with Crippen LogP contribution < -0.4 is 0 Å². The van der Waals surface area contributed by atoms with E-state index in [1.807, 2.05) is 17.0 Å². The van der Waals surface area contributed by atoms with E-state index in [2.05, 4.69) is 13.8 Å². The number of nitrogens with zero attached hydrogens (tertiary/aromatic N) is 2. The summed E-state index contributed by atoms with van der Waals surface area (Å²) in [6.45, 7) is 6.76. The summed E-state index contributed by atoms with van der Waals surface area (Å²) in [7, 11) is -3.47. The zero-order chi connectivity index (χ0) is 18.7. The Kier molecular flexibility index (Phi) is 6.03. The zero-order valence-electron chi connectivity index (χ0n) is 15.9. The SMILES string of the molecule is CC(C)c1ccc(S(=O)(=O)N2CCC(C(=O)N3CCCCC3)CC2)cc1. The average molecular weight is 379 g/mol. The molecule has 0 atom stereocenters. The Morgan fingerprint density at radius 1 is 0.962 bits per heavy atom. The lowest BCUT2D eigenvalue weighted by Gasteiger charge is -2.35. The molecule has 1 amide bonds. The van der Waals surface area contributed by atoms with Gasteiger partial charge in [-0.3, -0.25) is 4.79 Å². The first-order valence-electron chi connectivity index (χ1n) is 9.78. The number of hydrogen-bond acceptors (Lipinski definition) is 3. The van der Waals surface area contributed by atoms with Gasteiger partial charge in [0.1, 0.15) is 0 Å². The maximum atomic E-state index is 12.9. The number of amides is 1. The summed E-state index contributed by atoms with van der Waals surface area (Å²) in [5.74, 6) is 0.578. The van der Waals surface area contributed by atoms with E-state index in [1.165, 1.54) is 10.7 Å². The third kappa shape index (κ3) is 4.12. The number of likely N-dealkylation sites (tertiary alicyclic amines) is 1. The van der Waals surface area contributed by atoms with Crippen LogP contribution in [-0.4, -0.2) is 49.7 Å². The molecule has 0 radical (unpaired) electrons. The lowest BCUT2D eigenvalue weighted by Crippen LogP contribution is -2.45. The minimum atomic E-state index is -3.47. The molecule has 2 aliphatic heterocycles. The lowest BCUT2D eigenvalue weighted by atomic mass is 9.95. The molecule has 5 nitrogen and oxygen atoms in total. The van der Waals surface area contributed by atoms with E-state index in [-0.39, 0.29) is 11.8 Å². The van der Waals surface area contributed by atoms with E-state index in [0.717, 1.165) is 31.5 Å². The molecule has 0 aromatic heterocycles. The molecular weight excluding hydrogens is 348 g/mol. The highest BCUT2D eigenvalue weighted by Crippen LogP contribution is 2.27. The van der Waals surface area contributed by atoms with Crippen molar-refractivity contribution in [1.29, 1.82) is 0 Å². The Bertz CT molecular complexity index is 714. The maximum Gasteiger partial charge on any atom is 0.243 e. The van der Waals surface area contributed by atoms with Crippen LogP contribution in [-0.2, 0) is 14.8 Å². The van der Waals surface area contributed by atoms with Crippen molar-refractivity contribution >= 4 is 15.9 Å². The van der Waals surface area contributed by atoms with Gasteiger partial charge >= 0.3 is 0 Å². The van der Waals surface area contributed by atoms with Crippen molar-refractivity contribution in [2.75, 3.05) is 26.2 Å². The van der Waals surface area contributed by atoms with Crippen LogP contribution in [0.4, 0.5) is 0 Å². The van der Waals surface area contributed by atoms with Crippen LogP contribution in [0.5, 0.6) is 0 Å². The highest BCUT2D eigenvalue weighted by molar-refractivity contribution is 7.89. The summed E-state index contributed by atoms with van der Waals surface area (Å²) in [6, 6.07) is 7.19. The molecule has 2 fully saturated rings. The monoisotopic (exact) mass is 378 g/mol. The second-order valence-electron chi connectivity index (χ2n) is 7.79. The van der Waals surface area contributed by atoms with E-state index < -0.39 is 10.0 Å². The smallest absolute Gasteiger partial charge is 0.243 e. The first-order valence-corrected chi connectivity index (χ1v) is 11.2. The molecule has 1 aromatic carbocycles. The number of carbonyl (C=O) groups is 1. The molecule has 0 unspecified atom stereocenters. The minimum Gasteiger partial charge on any atom is -0.342 e. The number of carbonyl (C=O) groups excluding carboxylic acids is 1. The number of hydrogen-bond donors (Lipinski definition) is 0. The Morgan fingerprint density at radius 2 is 1.54 bits per heavy atom. The molecule has 0 saturated carbocycles. The third-order valence-corrected chi connectivity index (χ3v) is 7.57. The van der Waals surface area contributed by atoms with E-state index in [4.69, 9.17) is 0 Å². The predicted molar refractivity (Wildman–Crippen MR) is 102 cm³/mol. The van der Waals surface area contributed by atoms with Crippen LogP contribution in [0.3, 0.4) is 0 Å². The Balaban J connectivity index is 1.62. The fourth-order valence-corrected chi connectivity index (χ4v) is 5.36. The summed E-state index contributed by atoms with van der Waals surface area (Å²) < 4.78 is 27.3. The fourth-order valence-electron chi connectivity index (χ4n) is 3.89. The lowest BCUT2D eigenvalue weighted by molar-refractivity contribution is -0.137. The molecule has 3 rings (SSSR count). The van der Waals surface area contributed by atoms with Gasteiger partial charge in [0.15, 0.2) is 0 Å². The number of rotatable bonds is 4. The van der Waals surface area contributed by atoms with Crippen molar-refractivity contribution in [3.05, 3.63) is 29.8 Å². The molecule has 26 heavy (non-hydrogen) atoms. The van der Waals surface area contributed by atoms with Crippen LogP contribution in [0.25, 0.3) is 0 Å². The van der Waals surface area contributed by atoms with Gasteiger partial charge in [-0.15, -0.1) is 0 Å². The van der Waals surface area contributed by atoms with Gasteiger partial charge in [0, 0.05) is 32.1 Å². The van der Waals surface area contributed by atoms with Crippen molar-refractivity contribution in [1.82, 2.24) is 9.21 Å². The minimum absolute atomic E-state index is 0.0251. The highest BCUT2D eigenvalue weighted by Gasteiger charge is 2.34. The Hall–Kier alpha value is -1.40. The topological polar surface area (TPSA) is 57.7 Å². The summed E-state index contributed by atoms with van der Waals surface area (Å²) >= 11 is 0. The van der Waals surface area contributed by atoms with Crippen molar-refractivity contribution < 1.29 is 13.2 Å². The maximum absolute atomic E-state index is 12.9. The van der Waals surface area contributed by atoms with Crippen molar-refractivity contribution in [2.45, 2.75) is 56.8 Å². The average Bonchev–Trinajstić information content (AvgIpc) is 2.68. The summed E-state index contributed by atoms with van der Waals surface area (Å²) in [5.41, 5.74) is 1.13. The van der Waals surface area contributed by atoms with Gasteiger partial charge in [-0.05, 0) is 55.7 Å². The quantitative estimate of drug-likeness (QED) is 0.808. The van der Waals surface area contributed by atoms with Gasteiger partial charge in [-0.2, -0.15) is 4.31 Å². The molecule has 2 heterocycles. The first kappa shape index (κ1) is 19.4. The second-order valence-corrected chi connectivity index (χ2v) is 9.73. The Labute approximate surface area is 157 Å². The van der Waals surface area contributed by atoms with Gasteiger partial charge in [0.05, 0.1) is 4.90 Å². The molecule has 2 aliphatic rings. The zero-order valence-corrected chi connectivity index (χ0v) is 16.7. The highest BCUT2D eigenvalue weighted by atomic mass is 32.2. The van der Waals surface area contributed by atoms with Crippen LogP contribution in [0.1, 0.15) is 57.4 Å². The molecule has 2 saturated heterocycles. The predicted octanol–water partition coefficient (Wildman–Crippen LogP) is 3.22. The number of piperidine rings is 2. The molecule has 1 aromatic rings. The molecule has 0 N–H and O–H groups in total. The summed E-state index contributed by atoms with van der Waals surface area (Å²) in [6.07, 6.45) is 4.63. The van der Waals surface area contributed by atoms with Crippen molar-refractivity contribution in [3.8, 4) is 0 Å². The standard InChI is InChI=1S/C20H30N2O3S/c1-16(2)17-6-8-19(9-7-17)26(24,25)22-14-10-18(11-15-22)20(23)21-12-4-3-5-13-21/h6-9,16,18H,3-5,10-15H2,1-2H3. The molecule has 0 aliphatic carbocycles. The van der Waals surface area contributed by atoms with Gasteiger partial charge in [0.2, 0.25) is 15.9 Å². The molecule has 0 spiro atoms. The van der Waals surface area contributed by atoms with Crippen LogP contribution in [0.2, 0.25) is 0 Å². The van der Waals surface area contributed by atoms with E-state index in [9.17, 15) is 13.2 Å². The Morgan fingerprint density at radius 3 is 2.08 bits per heavy atom. The van der Waals surface area contributed by atoms with E-state index in [1.54, 1.807) is 12.1 Å². The molecular formula is C20H30N2O3S. The van der Waals surface area contributed by atoms with Crippen LogP contribution in [0.15, 0.2) is 29.2 Å². The molecule has 0 bridgehead atoms. The first-order chi connectivity index (χ1) is 12.4. The fraction of sp³-hybridized carbons (Fsp3) is 0.650. The van der Waals surface area contributed by atoms with Crippen molar-refractivity contribution in [3.63, 3.8) is 0 Å². The normalized spacial score (nSPS) is 20.5. The summed E-state index contributed by atoms with van der Waals surface area (Å²) in [4.78, 5) is 15.0. The van der Waals surface area contributed by atoms with Crippen LogP contribution >= 0.6 is 0 Å². The number of benzene rings is 1. The van der Waals surface area contributed by atoms with Gasteiger partial charge in [-0.25, -0.2) is 8.42 Å². The van der Waals surface area contributed by atoms with Gasteiger partial charge < -0.3 is 4.90 Å². The van der Waals surface area contributed by atoms with Crippen molar-refractivity contribution in [2.24, 2.45) is 5.92 Å². The second kappa shape index (κ2) is 8.09. The van der Waals surface area contributed by atoms with Crippen LogP contribution in [0, 0.1) is 5.92 Å². The van der Waals surface area contributed by atoms with E-state index in [0.29, 0.717) is 36.7 Å². The number of sulfonamides is 1. The van der Waals surface area contributed by atoms with E-state index >= 15 is 0 Å². The molecule has 144 valence electrons. The molecule has 6 heteroatoms.